The first-order chi connectivity index (χ1) is 14.3. The molecule has 1 aromatic heterocycles. The van der Waals surface area contributed by atoms with Gasteiger partial charge in [-0.2, -0.15) is 5.10 Å². The number of ether oxygens (including phenoxy) is 1. The van der Waals surface area contributed by atoms with E-state index in [9.17, 15) is 19.7 Å². The maximum Gasteiger partial charge on any atom is 0.280 e. The number of carbonyl (C=O) groups excluding carboxylic acids is 1. The molecule has 3 rings (SSSR count). The molecular weight excluding hydrogens is 414 g/mol. The zero-order valence-corrected chi connectivity index (χ0v) is 16.6. The number of halogens is 1. The minimum absolute atomic E-state index is 0.127. The van der Waals surface area contributed by atoms with Crippen LogP contribution in [-0.4, -0.2) is 33.9 Å². The van der Waals surface area contributed by atoms with E-state index in [1.807, 2.05) is 0 Å². The van der Waals surface area contributed by atoms with Crippen molar-refractivity contribution in [1.29, 1.82) is 0 Å². The SMILES string of the molecule is COc1cc(-n2[nH]c(C)c(C=NNC(=O)c3ccc([N+](=O)[O-])cc3)c2=O)ccc1Cl. The largest absolute Gasteiger partial charge is 0.495 e. The Labute approximate surface area is 174 Å². The maximum atomic E-state index is 12.7. The van der Waals surface area contributed by atoms with Crippen molar-refractivity contribution < 1.29 is 14.5 Å². The molecule has 3 aromatic rings. The van der Waals surface area contributed by atoms with Gasteiger partial charge in [-0.1, -0.05) is 11.6 Å². The molecule has 30 heavy (non-hydrogen) atoms. The van der Waals surface area contributed by atoms with E-state index in [-0.39, 0.29) is 22.4 Å². The van der Waals surface area contributed by atoms with E-state index in [2.05, 4.69) is 15.6 Å². The van der Waals surface area contributed by atoms with Crippen LogP contribution in [0.2, 0.25) is 5.02 Å². The summed E-state index contributed by atoms with van der Waals surface area (Å²) < 4.78 is 6.46. The van der Waals surface area contributed by atoms with Crippen molar-refractivity contribution in [3.8, 4) is 11.4 Å². The molecule has 11 heteroatoms. The molecule has 0 fully saturated rings. The Morgan fingerprint density at radius 2 is 2.00 bits per heavy atom. The number of hydrazone groups is 1. The average Bonchev–Trinajstić information content (AvgIpc) is 3.02. The zero-order valence-electron chi connectivity index (χ0n) is 15.9. The number of amides is 1. The summed E-state index contributed by atoms with van der Waals surface area (Å²) in [5, 5.41) is 17.8. The molecule has 0 spiro atoms. The van der Waals surface area contributed by atoms with Gasteiger partial charge in [0.05, 0.1) is 34.5 Å². The van der Waals surface area contributed by atoms with Crippen molar-refractivity contribution in [2.45, 2.75) is 6.92 Å². The minimum Gasteiger partial charge on any atom is -0.495 e. The summed E-state index contributed by atoms with van der Waals surface area (Å²) in [5.41, 5.74) is 3.25. The van der Waals surface area contributed by atoms with E-state index in [1.165, 1.54) is 42.3 Å². The number of aryl methyl sites for hydroxylation is 1. The molecule has 2 aromatic carbocycles. The summed E-state index contributed by atoms with van der Waals surface area (Å²) in [5.74, 6) is -0.156. The molecule has 1 heterocycles. The number of nitrogens with one attached hydrogen (secondary N) is 2. The van der Waals surface area contributed by atoms with Crippen molar-refractivity contribution in [1.82, 2.24) is 15.2 Å². The van der Waals surface area contributed by atoms with Gasteiger partial charge in [0.1, 0.15) is 5.75 Å². The summed E-state index contributed by atoms with van der Waals surface area (Å²) in [6.07, 6.45) is 1.22. The molecule has 0 bridgehead atoms. The Morgan fingerprint density at radius 3 is 2.63 bits per heavy atom. The van der Waals surface area contributed by atoms with Gasteiger partial charge in [-0.15, -0.1) is 0 Å². The number of aromatic amines is 1. The molecule has 0 atom stereocenters. The topological polar surface area (TPSA) is 132 Å². The van der Waals surface area contributed by atoms with Gasteiger partial charge in [0.2, 0.25) is 0 Å². The van der Waals surface area contributed by atoms with E-state index < -0.39 is 10.8 Å². The lowest BCUT2D eigenvalue weighted by Gasteiger charge is -2.06. The van der Waals surface area contributed by atoms with Crippen LogP contribution in [0.4, 0.5) is 5.69 Å². The monoisotopic (exact) mass is 429 g/mol. The lowest BCUT2D eigenvalue weighted by molar-refractivity contribution is -0.384. The molecule has 154 valence electrons. The molecule has 0 aliphatic heterocycles. The van der Waals surface area contributed by atoms with Crippen molar-refractivity contribution >= 4 is 29.4 Å². The quantitative estimate of drug-likeness (QED) is 0.353. The highest BCUT2D eigenvalue weighted by Gasteiger charge is 2.13. The second-order valence-electron chi connectivity index (χ2n) is 6.11. The third-order valence-corrected chi connectivity index (χ3v) is 4.52. The van der Waals surface area contributed by atoms with Crippen LogP contribution in [0.1, 0.15) is 21.6 Å². The summed E-state index contributed by atoms with van der Waals surface area (Å²) >= 11 is 6.02. The first kappa shape index (κ1) is 20.8. The van der Waals surface area contributed by atoms with Crippen molar-refractivity contribution in [2.75, 3.05) is 7.11 Å². The van der Waals surface area contributed by atoms with Gasteiger partial charge in [0, 0.05) is 29.5 Å². The summed E-state index contributed by atoms with van der Waals surface area (Å²) in [6.45, 7) is 1.69. The van der Waals surface area contributed by atoms with Crippen LogP contribution in [0.15, 0.2) is 52.4 Å². The third-order valence-electron chi connectivity index (χ3n) is 4.21. The van der Waals surface area contributed by atoms with E-state index in [4.69, 9.17) is 16.3 Å². The second kappa shape index (κ2) is 8.62. The molecule has 1 amide bonds. The normalized spacial score (nSPS) is 10.9. The highest BCUT2D eigenvalue weighted by atomic mass is 35.5. The molecule has 2 N–H and O–H groups in total. The van der Waals surface area contributed by atoms with Gasteiger partial charge >= 0.3 is 0 Å². The molecule has 0 unspecified atom stereocenters. The fraction of sp³-hybridized carbons (Fsp3) is 0.105. The van der Waals surface area contributed by atoms with Crippen molar-refractivity contribution in [2.24, 2.45) is 5.10 Å². The number of nitro groups is 1. The molecular formula is C19H16ClN5O5. The van der Waals surface area contributed by atoms with Crippen LogP contribution in [0, 0.1) is 17.0 Å². The van der Waals surface area contributed by atoms with Gasteiger partial charge in [-0.05, 0) is 31.2 Å². The molecule has 0 aliphatic rings. The van der Waals surface area contributed by atoms with Crippen LogP contribution >= 0.6 is 11.6 Å². The predicted octanol–water partition coefficient (Wildman–Crippen LogP) is 2.81. The van der Waals surface area contributed by atoms with Gasteiger partial charge in [-0.25, -0.2) is 10.1 Å². The number of non-ortho nitro benzene ring substituents is 1. The number of nitrogens with zero attached hydrogens (tertiary/aromatic N) is 3. The molecule has 0 saturated heterocycles. The number of hydrogen-bond acceptors (Lipinski definition) is 6. The Kier molecular flexibility index (Phi) is 5.98. The first-order valence-corrected chi connectivity index (χ1v) is 8.93. The predicted molar refractivity (Wildman–Crippen MR) is 111 cm³/mol. The standard InChI is InChI=1S/C19H16ClN5O5/c1-11-15(10-21-22-18(26)12-3-5-13(6-4-12)25(28)29)19(27)24(23-11)14-7-8-16(20)17(9-14)30-2/h3-10,23H,1-2H3,(H,22,26). The van der Waals surface area contributed by atoms with E-state index in [0.29, 0.717) is 22.2 Å². The summed E-state index contributed by atoms with van der Waals surface area (Å²) in [7, 11) is 1.47. The van der Waals surface area contributed by atoms with Crippen molar-refractivity contribution in [3.05, 3.63) is 84.8 Å². The fourth-order valence-electron chi connectivity index (χ4n) is 2.64. The molecule has 0 aliphatic carbocycles. The van der Waals surface area contributed by atoms with Gasteiger partial charge in [-0.3, -0.25) is 24.8 Å². The van der Waals surface area contributed by atoms with E-state index in [0.717, 1.165) is 0 Å². The minimum atomic E-state index is -0.572. The number of hydrogen-bond donors (Lipinski definition) is 2. The maximum absolute atomic E-state index is 12.7. The van der Waals surface area contributed by atoms with E-state index >= 15 is 0 Å². The Morgan fingerprint density at radius 1 is 1.30 bits per heavy atom. The Balaban J connectivity index is 1.79. The molecule has 10 nitrogen and oxygen atoms in total. The second-order valence-corrected chi connectivity index (χ2v) is 6.52. The highest BCUT2D eigenvalue weighted by Crippen LogP contribution is 2.26. The number of aromatic nitrogens is 2. The first-order valence-electron chi connectivity index (χ1n) is 8.55. The van der Waals surface area contributed by atoms with E-state index in [1.54, 1.807) is 25.1 Å². The number of carbonyl (C=O) groups is 1. The number of rotatable bonds is 6. The fourth-order valence-corrected chi connectivity index (χ4v) is 2.83. The lowest BCUT2D eigenvalue weighted by atomic mass is 10.2. The Hall–Kier alpha value is -3.92. The van der Waals surface area contributed by atoms with Gasteiger partial charge in [0.15, 0.2) is 0 Å². The number of nitro benzene ring substituents is 1. The van der Waals surface area contributed by atoms with Crippen LogP contribution in [0.3, 0.4) is 0 Å². The number of methoxy groups -OCH3 is 1. The van der Waals surface area contributed by atoms with Crippen LogP contribution in [0.25, 0.3) is 5.69 Å². The third kappa shape index (κ3) is 4.23. The number of benzene rings is 2. The Bertz CT molecular complexity index is 1200. The molecule has 0 radical (unpaired) electrons. The van der Waals surface area contributed by atoms with Gasteiger partial charge in [0.25, 0.3) is 17.2 Å². The smallest absolute Gasteiger partial charge is 0.280 e. The molecule has 0 saturated carbocycles. The highest BCUT2D eigenvalue weighted by molar-refractivity contribution is 6.32. The summed E-state index contributed by atoms with van der Waals surface area (Å²) in [4.78, 5) is 34.9. The average molecular weight is 430 g/mol. The van der Waals surface area contributed by atoms with Gasteiger partial charge < -0.3 is 4.74 Å². The zero-order chi connectivity index (χ0) is 21.8. The van der Waals surface area contributed by atoms with Crippen LogP contribution < -0.4 is 15.7 Å². The lowest BCUT2D eigenvalue weighted by Crippen LogP contribution is -2.20. The van der Waals surface area contributed by atoms with Crippen LogP contribution in [0.5, 0.6) is 5.75 Å². The summed E-state index contributed by atoms with van der Waals surface area (Å²) in [6, 6.07) is 9.92. The number of H-pyrrole nitrogens is 1. The van der Waals surface area contributed by atoms with Crippen LogP contribution in [-0.2, 0) is 0 Å². The van der Waals surface area contributed by atoms with Crippen molar-refractivity contribution in [3.63, 3.8) is 0 Å².